The third-order valence-corrected chi connectivity index (χ3v) is 1.18. The number of nitrogens with two attached hydrogens (primary N) is 1. The van der Waals surface area contributed by atoms with Crippen LogP contribution in [0.3, 0.4) is 0 Å². The molecule has 0 saturated carbocycles. The van der Waals surface area contributed by atoms with Crippen molar-refractivity contribution in [2.45, 2.75) is 12.8 Å². The second-order valence-electron chi connectivity index (χ2n) is 1.75. The lowest BCUT2D eigenvalue weighted by atomic mass is 10.4. The van der Waals surface area contributed by atoms with Gasteiger partial charge in [0.05, 0.1) is 0 Å². The molecule has 0 spiro atoms. The highest BCUT2D eigenvalue weighted by molar-refractivity contribution is 6.01. The number of rotatable bonds is 1. The molecular weight excluding hydrogens is 158 g/mol. The molecule has 6 heteroatoms. The molecule has 0 bridgehead atoms. The molecule has 0 aliphatic carbocycles. The van der Waals surface area contributed by atoms with Gasteiger partial charge in [0.25, 0.3) is 0 Å². The van der Waals surface area contributed by atoms with Gasteiger partial charge in [-0.2, -0.15) is 10.5 Å². The molecule has 58 valence electrons. The van der Waals surface area contributed by atoms with Crippen LogP contribution in [0, 0.1) is 0 Å². The van der Waals surface area contributed by atoms with Crippen LogP contribution in [0.4, 0.5) is 0 Å². The zero-order valence-electron chi connectivity index (χ0n) is 5.16. The van der Waals surface area contributed by atoms with Crippen LogP contribution in [0.1, 0.15) is 12.8 Å². The van der Waals surface area contributed by atoms with Gasteiger partial charge < -0.3 is 0 Å². The van der Waals surface area contributed by atoms with E-state index in [0.717, 1.165) is 5.01 Å². The van der Waals surface area contributed by atoms with E-state index in [2.05, 4.69) is 0 Å². The summed E-state index contributed by atoms with van der Waals surface area (Å²) >= 11 is 0. The first-order valence-electron chi connectivity index (χ1n) is 2.57. The maximum atomic E-state index is 10.6. The minimum atomic E-state index is -0.262. The van der Waals surface area contributed by atoms with Crippen molar-refractivity contribution in [3.05, 3.63) is 0 Å². The first-order valence-corrected chi connectivity index (χ1v) is 2.57. The molecule has 1 aliphatic heterocycles. The summed E-state index contributed by atoms with van der Waals surface area (Å²) in [6, 6.07) is 0. The molecule has 0 radical (unpaired) electrons. The molecule has 1 heterocycles. The average molecular weight is 166 g/mol. The van der Waals surface area contributed by atoms with Gasteiger partial charge in [-0.25, -0.2) is 0 Å². The van der Waals surface area contributed by atoms with Crippen molar-refractivity contribution in [3.63, 3.8) is 0 Å². The van der Waals surface area contributed by atoms with Crippen molar-refractivity contribution >= 4 is 24.2 Å². The van der Waals surface area contributed by atoms with E-state index in [-0.39, 0.29) is 37.1 Å². The highest BCUT2D eigenvalue weighted by Gasteiger charge is 2.27. The van der Waals surface area contributed by atoms with Gasteiger partial charge >= 0.3 is 0 Å². The van der Waals surface area contributed by atoms with Gasteiger partial charge in [-0.3, -0.25) is 15.4 Å². The lowest BCUT2D eigenvalue weighted by Crippen LogP contribution is -2.46. The van der Waals surface area contributed by atoms with Crippen LogP contribution in [0.5, 0.6) is 0 Å². The van der Waals surface area contributed by atoms with E-state index in [1.54, 1.807) is 0 Å². The van der Waals surface area contributed by atoms with E-state index in [0.29, 0.717) is 0 Å². The number of hydrogen-bond donors (Lipinski definition) is 2. The largest absolute Gasteiger partial charge is 0.273 e. The van der Waals surface area contributed by atoms with Crippen LogP contribution in [0.2, 0.25) is 0 Å². The molecule has 0 unspecified atom stereocenters. The van der Waals surface area contributed by atoms with Crippen molar-refractivity contribution in [1.82, 2.24) is 10.5 Å². The topological polar surface area (TPSA) is 75.4 Å². The lowest BCUT2D eigenvalue weighted by molar-refractivity contribution is -0.142. The van der Waals surface area contributed by atoms with Crippen LogP contribution in [-0.4, -0.2) is 16.8 Å². The summed E-state index contributed by atoms with van der Waals surface area (Å²) < 4.78 is 0. The van der Waals surface area contributed by atoms with E-state index in [9.17, 15) is 9.59 Å². The number of nitrogens with one attached hydrogen (secondary N) is 1. The fourth-order valence-electron chi connectivity index (χ4n) is 0.721. The Balaban J connectivity index is 0.000000810. The number of hydrogen-bond acceptors (Lipinski definition) is 4. The average Bonchev–Trinajstić information content (AvgIpc) is 2.12. The van der Waals surface area contributed by atoms with E-state index >= 15 is 0 Å². The van der Waals surface area contributed by atoms with E-state index in [4.69, 9.17) is 5.84 Å². The van der Waals surface area contributed by atoms with Gasteiger partial charge in [-0.05, 0) is 0 Å². The van der Waals surface area contributed by atoms with Crippen LogP contribution < -0.4 is 11.4 Å². The van der Waals surface area contributed by atoms with Crippen LogP contribution in [-0.2, 0) is 9.59 Å². The monoisotopic (exact) mass is 165 g/mol. The zero-order chi connectivity index (χ0) is 6.85. The van der Waals surface area contributed by atoms with Crippen molar-refractivity contribution in [2.75, 3.05) is 0 Å². The molecule has 1 saturated heterocycles. The Morgan fingerprint density at radius 1 is 1.30 bits per heavy atom. The lowest BCUT2D eigenvalue weighted by Gasteiger charge is -2.08. The Morgan fingerprint density at radius 2 is 1.70 bits per heavy atom. The predicted octanol–water partition coefficient (Wildman–Crippen LogP) is -1.06. The van der Waals surface area contributed by atoms with Gasteiger partial charge in [0.2, 0.25) is 11.8 Å². The van der Waals surface area contributed by atoms with Gasteiger partial charge in [-0.15, -0.1) is 12.4 Å². The number of carbonyl (C=O) groups excluding carboxylic acids is 2. The van der Waals surface area contributed by atoms with E-state index in [1.165, 1.54) is 0 Å². The standard InChI is InChI=1S/C4H7N3O2.ClH/c5-6-7-3(8)1-2-4(7)9;/h6H,1-2,5H2;1H. The molecule has 1 fully saturated rings. The molecule has 0 atom stereocenters. The minimum absolute atomic E-state index is 0. The van der Waals surface area contributed by atoms with Crippen molar-refractivity contribution in [3.8, 4) is 0 Å². The number of halogens is 1. The summed E-state index contributed by atoms with van der Waals surface area (Å²) in [5.41, 5.74) is 2.00. The molecule has 5 nitrogen and oxygen atoms in total. The van der Waals surface area contributed by atoms with Gasteiger partial charge in [0, 0.05) is 12.8 Å². The van der Waals surface area contributed by atoms with E-state index in [1.807, 2.05) is 5.53 Å². The third-order valence-electron chi connectivity index (χ3n) is 1.18. The molecule has 0 aromatic heterocycles. The molecule has 0 aromatic rings. The summed E-state index contributed by atoms with van der Waals surface area (Å²) in [6.45, 7) is 0. The molecule has 10 heavy (non-hydrogen) atoms. The zero-order valence-corrected chi connectivity index (χ0v) is 5.98. The molecule has 3 N–H and O–H groups in total. The summed E-state index contributed by atoms with van der Waals surface area (Å²) in [7, 11) is 0. The number of carbonyl (C=O) groups is 2. The Hall–Kier alpha value is -0.650. The normalized spacial score (nSPS) is 17.5. The summed E-state index contributed by atoms with van der Waals surface area (Å²) in [5.74, 6) is 4.33. The number of imide groups is 1. The Morgan fingerprint density at radius 3 is 1.90 bits per heavy atom. The van der Waals surface area contributed by atoms with Crippen LogP contribution in [0.25, 0.3) is 0 Å². The predicted molar refractivity (Wildman–Crippen MR) is 35.7 cm³/mol. The first-order chi connectivity index (χ1) is 4.25. The minimum Gasteiger partial charge on any atom is -0.273 e. The van der Waals surface area contributed by atoms with Crippen LogP contribution >= 0.6 is 12.4 Å². The molecule has 0 aromatic carbocycles. The Bertz CT molecular complexity index is 145. The Kier molecular flexibility index (Phi) is 3.27. The fraction of sp³-hybridized carbons (Fsp3) is 0.500. The van der Waals surface area contributed by atoms with Crippen LogP contribution in [0.15, 0.2) is 0 Å². The fourth-order valence-corrected chi connectivity index (χ4v) is 0.721. The maximum absolute atomic E-state index is 10.6. The number of nitrogens with zero attached hydrogens (tertiary/aromatic N) is 1. The van der Waals surface area contributed by atoms with Crippen molar-refractivity contribution in [1.29, 1.82) is 0 Å². The molecule has 1 rings (SSSR count). The van der Waals surface area contributed by atoms with Crippen molar-refractivity contribution < 1.29 is 9.59 Å². The maximum Gasteiger partial charge on any atom is 0.245 e. The second-order valence-corrected chi connectivity index (χ2v) is 1.75. The summed E-state index contributed by atoms with van der Waals surface area (Å²) in [5, 5.41) is 0.819. The smallest absolute Gasteiger partial charge is 0.245 e. The number of hydrazine groups is 2. The second kappa shape index (κ2) is 3.50. The van der Waals surface area contributed by atoms with E-state index < -0.39 is 0 Å². The Labute approximate surface area is 63.9 Å². The van der Waals surface area contributed by atoms with Gasteiger partial charge in [-0.1, -0.05) is 0 Å². The van der Waals surface area contributed by atoms with Crippen molar-refractivity contribution in [2.24, 2.45) is 5.84 Å². The summed E-state index contributed by atoms with van der Waals surface area (Å²) in [4.78, 5) is 21.2. The molecule has 2 amide bonds. The number of amides is 2. The quantitative estimate of drug-likeness (QED) is 0.295. The first kappa shape index (κ1) is 9.35. The molecule has 1 aliphatic rings. The van der Waals surface area contributed by atoms with Gasteiger partial charge in [0.1, 0.15) is 0 Å². The highest BCUT2D eigenvalue weighted by atomic mass is 35.5. The third kappa shape index (κ3) is 1.44. The summed E-state index contributed by atoms with van der Waals surface area (Å²) in [6.07, 6.45) is 0.534. The SMILES string of the molecule is Cl.NNN1C(=O)CCC1=O. The highest BCUT2D eigenvalue weighted by Crippen LogP contribution is 2.06. The van der Waals surface area contributed by atoms with Gasteiger partial charge in [0.15, 0.2) is 0 Å². The molecular formula is C4H8ClN3O2.